The van der Waals surface area contributed by atoms with E-state index in [4.69, 9.17) is 72.4 Å². The fourth-order valence-corrected chi connectivity index (χ4v) is 7.83. The summed E-state index contributed by atoms with van der Waals surface area (Å²) in [7, 11) is 0. The number of aromatic amines is 1. The molecule has 0 saturated heterocycles. The normalized spacial score (nSPS) is 12.0. The molecule has 0 aliphatic heterocycles. The molecule has 0 unspecified atom stereocenters. The molecule has 5 rings (SSSR count). The Balaban J connectivity index is 0.695. The summed E-state index contributed by atoms with van der Waals surface area (Å²) in [6.07, 6.45) is 3.14. The van der Waals surface area contributed by atoms with Gasteiger partial charge in [-0.25, -0.2) is 24.0 Å². The van der Waals surface area contributed by atoms with Crippen LogP contribution in [0, 0.1) is 0 Å². The SMILES string of the molecule is Nc1nc(OCc2ccc(COCCOCCOCCOCCOCCOCCOCCOCCOCCOCCOCCOCCn3cc(-c4ccc(C(=O)NCCCC[C@H](NC(=O)N[C@@H](CCC(=O)O)C(=O)O)C(=O)O)cc4)nn3)cc2)c2nc[nH]c2n1. The lowest BCUT2D eigenvalue weighted by Crippen LogP contribution is -2.51. The molecular formula is C58H85N11O21. The number of unbranched alkanes of at least 4 members (excludes halogenated alkanes) is 1. The Labute approximate surface area is 520 Å². The number of aliphatic carboxylic acids is 3. The number of aromatic nitrogens is 7. The van der Waals surface area contributed by atoms with Crippen LogP contribution >= 0.6 is 0 Å². The van der Waals surface area contributed by atoms with Crippen LogP contribution in [0.1, 0.15) is 53.6 Å². The van der Waals surface area contributed by atoms with Crippen molar-refractivity contribution in [2.75, 3.05) is 164 Å². The van der Waals surface area contributed by atoms with Gasteiger partial charge in [0.2, 0.25) is 11.8 Å². The van der Waals surface area contributed by atoms with Crippen LogP contribution in [0.2, 0.25) is 0 Å². The van der Waals surface area contributed by atoms with Crippen molar-refractivity contribution in [2.45, 2.75) is 63.9 Å². The first-order valence-electron chi connectivity index (χ1n) is 29.6. The predicted octanol–water partition coefficient (Wildman–Crippen LogP) is 2.14. The van der Waals surface area contributed by atoms with Gasteiger partial charge in [-0.05, 0) is 48.9 Å². The Bertz CT molecular complexity index is 2780. The molecule has 9 N–H and O–H groups in total. The molecule has 32 heteroatoms. The van der Waals surface area contributed by atoms with Gasteiger partial charge in [0.1, 0.15) is 24.4 Å². The number of carboxylic acids is 3. The molecule has 0 radical (unpaired) electrons. The number of nitrogens with two attached hydrogens (primary N) is 1. The highest BCUT2D eigenvalue weighted by molar-refractivity contribution is 5.94. The van der Waals surface area contributed by atoms with E-state index in [0.29, 0.717) is 213 Å². The van der Waals surface area contributed by atoms with Gasteiger partial charge < -0.3 is 104 Å². The Morgan fingerprint density at radius 1 is 0.544 bits per heavy atom. The first-order valence-corrected chi connectivity index (χ1v) is 29.6. The fraction of sp³-hybridized carbons (Fsp3) is 0.586. The molecule has 90 heavy (non-hydrogen) atoms. The van der Waals surface area contributed by atoms with E-state index in [1.54, 1.807) is 35.1 Å². The lowest BCUT2D eigenvalue weighted by Gasteiger charge is -2.18. The number of rotatable bonds is 55. The maximum absolute atomic E-state index is 12.7. The van der Waals surface area contributed by atoms with E-state index in [9.17, 15) is 34.2 Å². The van der Waals surface area contributed by atoms with E-state index in [1.807, 2.05) is 24.3 Å². The number of hydrogen-bond acceptors (Lipinski definition) is 24. The van der Waals surface area contributed by atoms with Gasteiger partial charge in [-0.15, -0.1) is 5.10 Å². The minimum atomic E-state index is -1.50. The van der Waals surface area contributed by atoms with Crippen LogP contribution in [0.25, 0.3) is 22.4 Å². The van der Waals surface area contributed by atoms with E-state index >= 15 is 0 Å². The van der Waals surface area contributed by atoms with Crippen LogP contribution in [0.5, 0.6) is 5.88 Å². The smallest absolute Gasteiger partial charge is 0.326 e. The summed E-state index contributed by atoms with van der Waals surface area (Å²) in [5.74, 6) is -3.91. The summed E-state index contributed by atoms with van der Waals surface area (Å²) in [6, 6.07) is 10.8. The van der Waals surface area contributed by atoms with Gasteiger partial charge in [0, 0.05) is 24.1 Å². The maximum Gasteiger partial charge on any atom is 0.326 e. The van der Waals surface area contributed by atoms with Gasteiger partial charge in [0.25, 0.3) is 5.91 Å². The molecule has 0 spiro atoms. The molecule has 0 bridgehead atoms. The summed E-state index contributed by atoms with van der Waals surface area (Å²) in [4.78, 5) is 74.0. The third-order valence-corrected chi connectivity index (χ3v) is 12.5. The van der Waals surface area contributed by atoms with Crippen LogP contribution in [-0.2, 0) is 91.0 Å². The Kier molecular flexibility index (Phi) is 37.1. The average molecular weight is 1270 g/mol. The number of hydrogen-bond donors (Lipinski definition) is 8. The lowest BCUT2D eigenvalue weighted by molar-refractivity contribution is -0.140. The number of nitrogen functional groups attached to an aromatic ring is 1. The van der Waals surface area contributed by atoms with E-state index < -0.39 is 42.4 Å². The summed E-state index contributed by atoms with van der Waals surface area (Å²) in [5, 5.41) is 42.9. The molecule has 498 valence electrons. The van der Waals surface area contributed by atoms with Crippen LogP contribution in [-0.4, -0.2) is 251 Å². The van der Waals surface area contributed by atoms with E-state index in [-0.39, 0.29) is 31.2 Å². The third kappa shape index (κ3) is 32.2. The van der Waals surface area contributed by atoms with Gasteiger partial charge in [0.05, 0.1) is 178 Å². The van der Waals surface area contributed by atoms with Crippen LogP contribution in [0.4, 0.5) is 10.7 Å². The van der Waals surface area contributed by atoms with Crippen LogP contribution in [0.15, 0.2) is 61.1 Å². The van der Waals surface area contributed by atoms with Crippen molar-refractivity contribution in [3.63, 3.8) is 0 Å². The lowest BCUT2D eigenvalue weighted by atomic mass is 10.1. The highest BCUT2D eigenvalue weighted by atomic mass is 16.6. The number of carbonyl (C=O) groups excluding carboxylic acids is 2. The highest BCUT2D eigenvalue weighted by Gasteiger charge is 2.25. The van der Waals surface area contributed by atoms with Crippen LogP contribution < -0.4 is 26.4 Å². The Hall–Kier alpha value is -7.60. The monoisotopic (exact) mass is 1270 g/mol. The maximum atomic E-state index is 12.7. The molecule has 2 atom stereocenters. The van der Waals surface area contributed by atoms with Crippen LogP contribution in [0.3, 0.4) is 0 Å². The van der Waals surface area contributed by atoms with Gasteiger partial charge in [-0.3, -0.25) is 9.59 Å². The number of H-pyrrole nitrogens is 1. The molecule has 32 nitrogen and oxygen atoms in total. The third-order valence-electron chi connectivity index (χ3n) is 12.5. The topological polar surface area (TPSA) is 413 Å². The van der Waals surface area contributed by atoms with Crippen molar-refractivity contribution in [1.29, 1.82) is 0 Å². The zero-order valence-electron chi connectivity index (χ0n) is 50.5. The van der Waals surface area contributed by atoms with Gasteiger partial charge in [0.15, 0.2) is 11.2 Å². The fourth-order valence-electron chi connectivity index (χ4n) is 7.83. The number of ether oxygens (including phenoxy) is 13. The second-order valence-corrected chi connectivity index (χ2v) is 19.4. The number of imidazole rings is 1. The quantitative estimate of drug-likeness (QED) is 0.0259. The number of carbonyl (C=O) groups is 5. The first kappa shape index (κ1) is 73.1. The molecule has 5 aromatic rings. The van der Waals surface area contributed by atoms with Gasteiger partial charge in [-0.1, -0.05) is 41.6 Å². The number of urea groups is 1. The predicted molar refractivity (Wildman–Crippen MR) is 319 cm³/mol. The molecule has 0 aliphatic carbocycles. The van der Waals surface area contributed by atoms with Crippen molar-refractivity contribution in [2.24, 2.45) is 0 Å². The zero-order valence-corrected chi connectivity index (χ0v) is 50.5. The standard InChI is InChI=1S/C58H85N11O21/c59-57-65-52-51(61-42-62-52)54(66-57)90-41-44-6-4-43(5-7-44)40-89-38-37-88-36-35-87-34-33-86-32-31-85-30-29-84-28-27-83-26-25-82-24-23-81-22-21-80-20-19-79-18-17-78-16-15-69-39-49(67-68-69)45-8-10-46(11-9-45)53(72)60-14-2-1-3-47(55(73)74)63-58(77)64-48(56(75)76)12-13-50(70)71/h4-11,39,42,47-48H,1-3,12-38,40-41H2,(H,60,72)(H,70,71)(H,73,74)(H,75,76)(H2,63,64,77)(H3,59,61,62,65,66)/t47-,48-/m0/s1. The average Bonchev–Trinajstić information content (AvgIpc) is 1.92. The number of nitrogens with one attached hydrogen (secondary N) is 4. The van der Waals surface area contributed by atoms with Crippen molar-refractivity contribution >= 4 is 47.0 Å². The molecule has 0 saturated carbocycles. The largest absolute Gasteiger partial charge is 0.481 e. The van der Waals surface area contributed by atoms with Crippen molar-refractivity contribution in [3.8, 4) is 17.1 Å². The zero-order chi connectivity index (χ0) is 64.1. The van der Waals surface area contributed by atoms with E-state index in [2.05, 4.69) is 46.2 Å². The molecule has 0 fully saturated rings. The molecule has 3 amide bonds. The number of benzene rings is 2. The summed E-state index contributed by atoms with van der Waals surface area (Å²) in [6.45, 7) is 11.7. The van der Waals surface area contributed by atoms with Crippen molar-refractivity contribution in [3.05, 3.63) is 77.7 Å². The second kappa shape index (κ2) is 45.6. The minimum absolute atomic E-state index is 0.00582. The summed E-state index contributed by atoms with van der Waals surface area (Å²) >= 11 is 0. The van der Waals surface area contributed by atoms with Gasteiger partial charge in [-0.2, -0.15) is 9.97 Å². The molecule has 3 heterocycles. The molecule has 2 aromatic carbocycles. The van der Waals surface area contributed by atoms with Crippen molar-refractivity contribution < 1.29 is 101 Å². The second-order valence-electron chi connectivity index (χ2n) is 19.4. The Morgan fingerprint density at radius 2 is 1.00 bits per heavy atom. The first-order chi connectivity index (χ1) is 43.9. The summed E-state index contributed by atoms with van der Waals surface area (Å²) < 4.78 is 74.3. The molecule has 3 aromatic heterocycles. The number of nitrogens with zero attached hydrogens (tertiary/aromatic N) is 6. The summed E-state index contributed by atoms with van der Waals surface area (Å²) in [5.41, 5.74) is 10.6. The molecular weight excluding hydrogens is 1190 g/mol. The Morgan fingerprint density at radius 3 is 1.48 bits per heavy atom. The van der Waals surface area contributed by atoms with E-state index in [1.165, 1.54) is 6.33 Å². The number of amides is 3. The van der Waals surface area contributed by atoms with Crippen molar-refractivity contribution in [1.82, 2.24) is 50.9 Å². The number of fused-ring (bicyclic) bond motifs is 1. The molecule has 0 aliphatic rings. The number of carboxylic acid groups (broad SMARTS) is 3. The van der Waals surface area contributed by atoms with E-state index in [0.717, 1.165) is 16.7 Å². The van der Waals surface area contributed by atoms with Gasteiger partial charge >= 0.3 is 23.9 Å². The highest BCUT2D eigenvalue weighted by Crippen LogP contribution is 2.21. The number of anilines is 1. The minimum Gasteiger partial charge on any atom is -0.481 e.